The maximum atomic E-state index is 12.0. The molecule has 1 heterocycles. The molecule has 1 N–H and O–H groups in total. The van der Waals surface area contributed by atoms with Crippen LogP contribution in [0.15, 0.2) is 53.3 Å². The maximum absolute atomic E-state index is 12.0. The minimum atomic E-state index is -0.391. The highest BCUT2D eigenvalue weighted by atomic mass is 16.5. The maximum Gasteiger partial charge on any atom is 0.306 e. The molecule has 0 bridgehead atoms. The van der Waals surface area contributed by atoms with Crippen molar-refractivity contribution in [3.8, 4) is 6.07 Å². The standard InChI is InChI=1S/C19H15N3O3/c20-11-13-4-3-5-14(10-13)12-25-18(23)9-8-17-21-16-7-2-1-6-15(16)19(24)22-17/h1-7,10H,8-9,12H2,(H,21,22,24). The number of fused-ring (bicyclic) bond motifs is 1. The van der Waals surface area contributed by atoms with Crippen LogP contribution in [0.4, 0.5) is 0 Å². The molecule has 3 rings (SSSR count). The van der Waals surface area contributed by atoms with E-state index < -0.39 is 5.97 Å². The highest BCUT2D eigenvalue weighted by molar-refractivity contribution is 5.77. The molecule has 6 heteroatoms. The van der Waals surface area contributed by atoms with E-state index in [4.69, 9.17) is 10.00 Å². The van der Waals surface area contributed by atoms with Crippen LogP contribution in [0.5, 0.6) is 0 Å². The van der Waals surface area contributed by atoms with Crippen molar-refractivity contribution in [1.82, 2.24) is 9.97 Å². The molecular weight excluding hydrogens is 318 g/mol. The number of para-hydroxylation sites is 1. The van der Waals surface area contributed by atoms with E-state index in [1.165, 1.54) is 0 Å². The summed E-state index contributed by atoms with van der Waals surface area (Å²) in [5.41, 5.74) is 1.65. The average Bonchev–Trinajstić information content (AvgIpc) is 2.65. The number of hydrogen-bond donors (Lipinski definition) is 1. The lowest BCUT2D eigenvalue weighted by atomic mass is 10.1. The normalized spacial score (nSPS) is 10.4. The van der Waals surface area contributed by atoms with E-state index in [0.717, 1.165) is 5.56 Å². The van der Waals surface area contributed by atoms with Crippen LogP contribution in [0.3, 0.4) is 0 Å². The van der Waals surface area contributed by atoms with Gasteiger partial charge in [-0.25, -0.2) is 4.98 Å². The van der Waals surface area contributed by atoms with Gasteiger partial charge in [0, 0.05) is 6.42 Å². The minimum absolute atomic E-state index is 0.107. The van der Waals surface area contributed by atoms with E-state index in [-0.39, 0.29) is 25.0 Å². The zero-order chi connectivity index (χ0) is 17.6. The number of carbonyl (C=O) groups is 1. The number of nitriles is 1. The summed E-state index contributed by atoms with van der Waals surface area (Å²) in [6, 6.07) is 16.0. The molecule has 2 aromatic carbocycles. The second kappa shape index (κ2) is 7.41. The van der Waals surface area contributed by atoms with E-state index in [2.05, 4.69) is 9.97 Å². The monoisotopic (exact) mass is 333 g/mol. The first-order valence-electron chi connectivity index (χ1n) is 7.78. The Morgan fingerprint density at radius 3 is 2.88 bits per heavy atom. The first kappa shape index (κ1) is 16.4. The number of ether oxygens (including phenoxy) is 1. The third-order valence-corrected chi connectivity index (χ3v) is 3.68. The Bertz CT molecular complexity index is 1020. The van der Waals surface area contributed by atoms with Gasteiger partial charge in [0.1, 0.15) is 12.4 Å². The minimum Gasteiger partial charge on any atom is -0.461 e. The van der Waals surface area contributed by atoms with E-state index in [0.29, 0.717) is 22.3 Å². The molecule has 0 unspecified atom stereocenters. The van der Waals surface area contributed by atoms with Crippen LogP contribution >= 0.6 is 0 Å². The van der Waals surface area contributed by atoms with E-state index in [1.54, 1.807) is 42.5 Å². The summed E-state index contributed by atoms with van der Waals surface area (Å²) in [5.74, 6) is 0.0605. The van der Waals surface area contributed by atoms with Crippen LogP contribution in [0, 0.1) is 11.3 Å². The van der Waals surface area contributed by atoms with Gasteiger partial charge in [0.2, 0.25) is 0 Å². The predicted molar refractivity (Wildman–Crippen MR) is 91.6 cm³/mol. The Morgan fingerprint density at radius 2 is 2.04 bits per heavy atom. The van der Waals surface area contributed by atoms with Gasteiger partial charge in [0.25, 0.3) is 5.56 Å². The highest BCUT2D eigenvalue weighted by Gasteiger charge is 2.08. The molecule has 0 aliphatic carbocycles. The van der Waals surface area contributed by atoms with Crippen LogP contribution in [-0.2, 0) is 22.6 Å². The largest absolute Gasteiger partial charge is 0.461 e. The van der Waals surface area contributed by atoms with Crippen LogP contribution in [0.25, 0.3) is 10.9 Å². The number of nitrogens with zero attached hydrogens (tertiary/aromatic N) is 2. The molecule has 0 saturated heterocycles. The lowest BCUT2D eigenvalue weighted by Gasteiger charge is -2.06. The summed E-state index contributed by atoms with van der Waals surface area (Å²) in [6.45, 7) is 0.107. The quantitative estimate of drug-likeness (QED) is 0.724. The Balaban J connectivity index is 1.59. The number of hydrogen-bond acceptors (Lipinski definition) is 5. The molecule has 0 spiro atoms. The zero-order valence-corrected chi connectivity index (χ0v) is 13.4. The van der Waals surface area contributed by atoms with Crippen molar-refractivity contribution in [2.24, 2.45) is 0 Å². The Labute approximate surface area is 143 Å². The highest BCUT2D eigenvalue weighted by Crippen LogP contribution is 2.09. The van der Waals surface area contributed by atoms with Crippen molar-refractivity contribution in [2.45, 2.75) is 19.4 Å². The summed E-state index contributed by atoms with van der Waals surface area (Å²) in [7, 11) is 0. The zero-order valence-electron chi connectivity index (χ0n) is 13.4. The summed E-state index contributed by atoms with van der Waals surface area (Å²) in [5, 5.41) is 9.37. The van der Waals surface area contributed by atoms with Gasteiger partial charge < -0.3 is 9.72 Å². The topological polar surface area (TPSA) is 95.8 Å². The molecule has 0 amide bonds. The molecule has 124 valence electrons. The summed E-state index contributed by atoms with van der Waals surface area (Å²) in [4.78, 5) is 30.9. The number of H-pyrrole nitrogens is 1. The van der Waals surface area contributed by atoms with Crippen LogP contribution in [0.2, 0.25) is 0 Å². The van der Waals surface area contributed by atoms with E-state index in [9.17, 15) is 9.59 Å². The molecule has 0 aliphatic heterocycles. The van der Waals surface area contributed by atoms with Gasteiger partial charge in [-0.05, 0) is 29.8 Å². The molecule has 25 heavy (non-hydrogen) atoms. The van der Waals surface area contributed by atoms with Crippen molar-refractivity contribution >= 4 is 16.9 Å². The summed E-state index contributed by atoms with van der Waals surface area (Å²) < 4.78 is 5.20. The average molecular weight is 333 g/mol. The molecule has 6 nitrogen and oxygen atoms in total. The number of nitrogens with one attached hydrogen (secondary N) is 1. The van der Waals surface area contributed by atoms with E-state index >= 15 is 0 Å². The SMILES string of the molecule is N#Cc1cccc(COC(=O)CCc2nc3ccccc3c(=O)[nH]2)c1. The number of aromatic amines is 1. The van der Waals surface area contributed by atoms with Gasteiger partial charge in [-0.1, -0.05) is 24.3 Å². The lowest BCUT2D eigenvalue weighted by molar-refractivity contribution is -0.144. The molecule has 0 saturated carbocycles. The third kappa shape index (κ3) is 4.09. The number of aromatic nitrogens is 2. The molecule has 3 aromatic rings. The Morgan fingerprint density at radius 1 is 1.20 bits per heavy atom. The van der Waals surface area contributed by atoms with Crippen LogP contribution in [0.1, 0.15) is 23.4 Å². The van der Waals surface area contributed by atoms with Crippen LogP contribution < -0.4 is 5.56 Å². The number of carbonyl (C=O) groups excluding carboxylic acids is 1. The first-order valence-corrected chi connectivity index (χ1v) is 7.78. The fourth-order valence-electron chi connectivity index (χ4n) is 2.44. The van der Waals surface area contributed by atoms with Gasteiger partial charge >= 0.3 is 5.97 Å². The van der Waals surface area contributed by atoms with Crippen molar-refractivity contribution in [3.05, 3.63) is 75.8 Å². The van der Waals surface area contributed by atoms with Gasteiger partial charge in [-0.2, -0.15) is 5.26 Å². The number of esters is 1. The second-order valence-electron chi connectivity index (χ2n) is 5.50. The fraction of sp³-hybridized carbons (Fsp3) is 0.158. The molecular formula is C19H15N3O3. The lowest BCUT2D eigenvalue weighted by Crippen LogP contribution is -2.14. The smallest absolute Gasteiger partial charge is 0.306 e. The van der Waals surface area contributed by atoms with Crippen molar-refractivity contribution in [3.63, 3.8) is 0 Å². The molecule has 0 aliphatic rings. The number of rotatable bonds is 5. The molecule has 1 aromatic heterocycles. The number of aryl methyl sites for hydroxylation is 1. The van der Waals surface area contributed by atoms with Crippen molar-refractivity contribution < 1.29 is 9.53 Å². The van der Waals surface area contributed by atoms with Gasteiger partial charge in [-0.3, -0.25) is 9.59 Å². The predicted octanol–water partition coefficient (Wildman–Crippen LogP) is 2.47. The van der Waals surface area contributed by atoms with Gasteiger partial charge in [0.15, 0.2) is 0 Å². The van der Waals surface area contributed by atoms with E-state index in [1.807, 2.05) is 12.1 Å². The fourth-order valence-corrected chi connectivity index (χ4v) is 2.44. The Hall–Kier alpha value is -3.46. The second-order valence-corrected chi connectivity index (χ2v) is 5.50. The number of benzene rings is 2. The summed E-state index contributed by atoms with van der Waals surface area (Å²) in [6.07, 6.45) is 0.399. The van der Waals surface area contributed by atoms with Gasteiger partial charge in [-0.15, -0.1) is 0 Å². The van der Waals surface area contributed by atoms with Crippen LogP contribution in [-0.4, -0.2) is 15.9 Å². The van der Waals surface area contributed by atoms with Crippen molar-refractivity contribution in [2.75, 3.05) is 0 Å². The Kier molecular flexibility index (Phi) is 4.86. The van der Waals surface area contributed by atoms with Gasteiger partial charge in [0.05, 0.1) is 29.0 Å². The van der Waals surface area contributed by atoms with Crippen molar-refractivity contribution in [1.29, 1.82) is 5.26 Å². The molecule has 0 atom stereocenters. The molecule has 0 radical (unpaired) electrons. The third-order valence-electron chi connectivity index (χ3n) is 3.68. The summed E-state index contributed by atoms with van der Waals surface area (Å²) >= 11 is 0. The molecule has 0 fully saturated rings. The first-order chi connectivity index (χ1) is 12.2.